The number of carbonyl (C=O) groups excluding carboxylic acids is 1. The van der Waals surface area contributed by atoms with Crippen LogP contribution in [-0.2, 0) is 16.1 Å². The molecular weight excluding hydrogens is 498 g/mol. The second-order valence-electron chi connectivity index (χ2n) is 9.35. The molecule has 0 radical (unpaired) electrons. The fourth-order valence-corrected chi connectivity index (χ4v) is 5.82. The lowest BCUT2D eigenvalue weighted by Crippen LogP contribution is -2.40. The topological polar surface area (TPSA) is 74.8 Å². The molecule has 0 fully saturated rings. The molecule has 194 valence electrons. The van der Waals surface area contributed by atoms with Crippen molar-refractivity contribution in [3.05, 3.63) is 109 Å². The maximum atomic E-state index is 14.0. The third-order valence-corrected chi connectivity index (χ3v) is 7.43. The zero-order valence-electron chi connectivity index (χ0n) is 21.8. The maximum absolute atomic E-state index is 14.0. The van der Waals surface area contributed by atoms with Crippen LogP contribution in [-0.4, -0.2) is 28.3 Å². The number of thiazole rings is 1. The first-order valence-electron chi connectivity index (χ1n) is 12.4. The van der Waals surface area contributed by atoms with E-state index in [0.29, 0.717) is 32.9 Å². The summed E-state index contributed by atoms with van der Waals surface area (Å²) < 4.78 is 15.1. The summed E-state index contributed by atoms with van der Waals surface area (Å²) in [5.41, 5.74) is 3.45. The van der Waals surface area contributed by atoms with Gasteiger partial charge in [0, 0.05) is 29.2 Å². The van der Waals surface area contributed by atoms with Crippen LogP contribution in [0.15, 0.2) is 88.4 Å². The molecule has 0 amide bonds. The number of rotatable bonds is 7. The van der Waals surface area contributed by atoms with Gasteiger partial charge in [-0.25, -0.2) is 9.79 Å². The Kier molecular flexibility index (Phi) is 6.91. The molecule has 0 saturated carbocycles. The lowest BCUT2D eigenvalue weighted by Gasteiger charge is -2.25. The van der Waals surface area contributed by atoms with Crippen LogP contribution < -0.4 is 19.6 Å². The van der Waals surface area contributed by atoms with Crippen LogP contribution in [0.25, 0.3) is 17.0 Å². The maximum Gasteiger partial charge on any atom is 0.338 e. The summed E-state index contributed by atoms with van der Waals surface area (Å²) in [5.74, 6) is 0.202. The van der Waals surface area contributed by atoms with E-state index in [-0.39, 0.29) is 11.7 Å². The van der Waals surface area contributed by atoms with Crippen molar-refractivity contribution in [2.24, 2.45) is 4.99 Å². The molecule has 1 unspecified atom stereocenters. The number of benzene rings is 2. The third-order valence-electron chi connectivity index (χ3n) is 6.45. The van der Waals surface area contributed by atoms with Crippen LogP contribution in [0.4, 0.5) is 0 Å². The molecule has 0 saturated heterocycles. The van der Waals surface area contributed by atoms with Gasteiger partial charge in [-0.15, -0.1) is 6.58 Å². The van der Waals surface area contributed by atoms with Crippen LogP contribution in [0.3, 0.4) is 0 Å². The van der Waals surface area contributed by atoms with Gasteiger partial charge in [0.05, 0.1) is 35.1 Å². The average molecular weight is 528 g/mol. The van der Waals surface area contributed by atoms with Crippen molar-refractivity contribution in [3.8, 4) is 5.75 Å². The molecule has 3 heterocycles. The fraction of sp³-hybridized carbons (Fsp3) is 0.233. The van der Waals surface area contributed by atoms with Gasteiger partial charge in [0.1, 0.15) is 5.75 Å². The van der Waals surface area contributed by atoms with E-state index in [1.807, 2.05) is 60.8 Å². The molecule has 2 aromatic heterocycles. The first-order valence-corrected chi connectivity index (χ1v) is 13.2. The number of carbonyl (C=O) groups is 1. The highest BCUT2D eigenvalue weighted by Crippen LogP contribution is 2.32. The smallest absolute Gasteiger partial charge is 0.338 e. The first-order chi connectivity index (χ1) is 18.3. The first kappa shape index (κ1) is 25.5. The normalized spacial score (nSPS) is 15.5. The zero-order valence-corrected chi connectivity index (χ0v) is 22.6. The van der Waals surface area contributed by atoms with Gasteiger partial charge in [-0.3, -0.25) is 9.36 Å². The van der Waals surface area contributed by atoms with E-state index >= 15 is 0 Å². The summed E-state index contributed by atoms with van der Waals surface area (Å²) in [6, 6.07) is 14.8. The number of esters is 1. The van der Waals surface area contributed by atoms with Gasteiger partial charge >= 0.3 is 5.97 Å². The number of hydrogen-bond donors (Lipinski definition) is 0. The van der Waals surface area contributed by atoms with Crippen molar-refractivity contribution in [1.82, 2.24) is 9.13 Å². The van der Waals surface area contributed by atoms with Gasteiger partial charge < -0.3 is 14.0 Å². The van der Waals surface area contributed by atoms with Gasteiger partial charge in [0.25, 0.3) is 5.56 Å². The van der Waals surface area contributed by atoms with Crippen molar-refractivity contribution in [1.29, 1.82) is 0 Å². The molecule has 1 atom stereocenters. The standard InChI is InChI=1S/C30H29N3O4S/c1-6-15-32-17-21(23-9-7-8-10-24(23)32)16-25-28(34)33-27(20-11-13-22(36-5)14-12-20)26(29(35)37-18(2)3)19(4)31-30(33)38-25/h6-14,16-18,27H,1,15H2,2-5H3/b25-16+. The molecule has 0 N–H and O–H groups in total. The zero-order chi connectivity index (χ0) is 27.0. The Balaban J connectivity index is 1.72. The Bertz CT molecular complexity index is 1750. The van der Waals surface area contributed by atoms with Crippen LogP contribution in [0.5, 0.6) is 5.75 Å². The number of allylic oxidation sites excluding steroid dienone is 2. The Morgan fingerprint density at radius 3 is 2.61 bits per heavy atom. The molecule has 1 aliphatic rings. The molecule has 0 aliphatic carbocycles. The molecule has 8 heteroatoms. The number of hydrogen-bond acceptors (Lipinski definition) is 6. The number of methoxy groups -OCH3 is 1. The van der Waals surface area contributed by atoms with E-state index in [4.69, 9.17) is 9.47 Å². The van der Waals surface area contributed by atoms with Gasteiger partial charge in [-0.1, -0.05) is 47.7 Å². The Hall–Kier alpha value is -4.17. The minimum Gasteiger partial charge on any atom is -0.497 e. The summed E-state index contributed by atoms with van der Waals surface area (Å²) in [4.78, 5) is 32.4. The van der Waals surface area contributed by atoms with Gasteiger partial charge in [-0.2, -0.15) is 0 Å². The average Bonchev–Trinajstić information content (AvgIpc) is 3.40. The lowest BCUT2D eigenvalue weighted by molar-refractivity contribution is -0.143. The van der Waals surface area contributed by atoms with Crippen LogP contribution >= 0.6 is 11.3 Å². The number of para-hydroxylation sites is 1. The summed E-state index contributed by atoms with van der Waals surface area (Å²) in [7, 11) is 1.60. The molecule has 1 aliphatic heterocycles. The Labute approximate surface area is 224 Å². The highest BCUT2D eigenvalue weighted by atomic mass is 32.1. The summed E-state index contributed by atoms with van der Waals surface area (Å²) in [6.07, 6.45) is 5.47. The quantitative estimate of drug-likeness (QED) is 0.265. The highest BCUT2D eigenvalue weighted by Gasteiger charge is 2.33. The van der Waals surface area contributed by atoms with E-state index in [1.54, 1.807) is 32.4 Å². The number of nitrogens with zero attached hydrogens (tertiary/aromatic N) is 3. The SMILES string of the molecule is C=CCn1cc(/C=c2/sc3n(c2=O)C(c2ccc(OC)cc2)C(C(=O)OC(C)C)=C(C)N=3)c2ccccc21. The Morgan fingerprint density at radius 2 is 1.92 bits per heavy atom. The van der Waals surface area contributed by atoms with Crippen molar-refractivity contribution < 1.29 is 14.3 Å². The molecule has 2 aromatic carbocycles. The van der Waals surface area contributed by atoms with Crippen LogP contribution in [0.2, 0.25) is 0 Å². The minimum atomic E-state index is -0.673. The van der Waals surface area contributed by atoms with Crippen LogP contribution in [0, 0.1) is 0 Å². The molecule has 0 spiro atoms. The Morgan fingerprint density at radius 1 is 1.18 bits per heavy atom. The summed E-state index contributed by atoms with van der Waals surface area (Å²) in [5, 5.41) is 1.05. The molecule has 38 heavy (non-hydrogen) atoms. The molecule has 5 rings (SSSR count). The third kappa shape index (κ3) is 4.52. The molecule has 7 nitrogen and oxygen atoms in total. The molecule has 0 bridgehead atoms. The van der Waals surface area contributed by atoms with Crippen molar-refractivity contribution in [2.45, 2.75) is 39.5 Å². The number of fused-ring (bicyclic) bond motifs is 2. The van der Waals surface area contributed by atoms with E-state index in [9.17, 15) is 9.59 Å². The molecule has 4 aromatic rings. The monoisotopic (exact) mass is 527 g/mol. The summed E-state index contributed by atoms with van der Waals surface area (Å²) >= 11 is 1.31. The van der Waals surface area contributed by atoms with Gasteiger partial charge in [-0.05, 0) is 50.6 Å². The van der Waals surface area contributed by atoms with Crippen LogP contribution in [0.1, 0.15) is 37.9 Å². The second kappa shape index (κ2) is 10.3. The number of ether oxygens (including phenoxy) is 2. The van der Waals surface area contributed by atoms with E-state index in [0.717, 1.165) is 22.0 Å². The fourth-order valence-electron chi connectivity index (χ4n) is 4.78. The van der Waals surface area contributed by atoms with E-state index in [1.165, 1.54) is 11.3 Å². The van der Waals surface area contributed by atoms with Crippen molar-refractivity contribution >= 4 is 34.3 Å². The predicted molar refractivity (Wildman–Crippen MR) is 150 cm³/mol. The number of aromatic nitrogens is 2. The van der Waals surface area contributed by atoms with Crippen molar-refractivity contribution in [2.75, 3.05) is 7.11 Å². The van der Waals surface area contributed by atoms with Gasteiger partial charge in [0.15, 0.2) is 4.80 Å². The largest absolute Gasteiger partial charge is 0.497 e. The van der Waals surface area contributed by atoms with E-state index < -0.39 is 12.0 Å². The van der Waals surface area contributed by atoms with Gasteiger partial charge in [0.2, 0.25) is 0 Å². The lowest BCUT2D eigenvalue weighted by atomic mass is 9.96. The predicted octanol–water partition coefficient (Wildman–Crippen LogP) is 4.34. The second-order valence-corrected chi connectivity index (χ2v) is 10.4. The molecular formula is C30H29N3O4S. The minimum absolute atomic E-state index is 0.211. The van der Waals surface area contributed by atoms with Crippen molar-refractivity contribution in [3.63, 3.8) is 0 Å². The van der Waals surface area contributed by atoms with E-state index in [2.05, 4.69) is 22.2 Å². The highest BCUT2D eigenvalue weighted by molar-refractivity contribution is 7.07. The summed E-state index contributed by atoms with van der Waals surface area (Å²) in [6.45, 7) is 9.91.